The van der Waals surface area contributed by atoms with Crippen molar-refractivity contribution in [3.05, 3.63) is 48.0 Å². The van der Waals surface area contributed by atoms with E-state index in [9.17, 15) is 0 Å². The van der Waals surface area contributed by atoms with Crippen LogP contribution >= 0.6 is 0 Å². The lowest BCUT2D eigenvalue weighted by molar-refractivity contribution is 0.479. The fourth-order valence-electron chi connectivity index (χ4n) is 2.68. The normalized spacial score (nSPS) is 13.8. The molecule has 3 rings (SSSR count). The van der Waals surface area contributed by atoms with Gasteiger partial charge < -0.3 is 10.1 Å². The second kappa shape index (κ2) is 4.96. The Labute approximate surface area is 114 Å². The Balaban J connectivity index is 2.01. The Morgan fingerprint density at radius 1 is 1.05 bits per heavy atom. The van der Waals surface area contributed by atoms with Crippen LogP contribution in [0.1, 0.15) is 38.2 Å². The number of anilines is 2. The molecule has 19 heavy (non-hydrogen) atoms. The van der Waals surface area contributed by atoms with Gasteiger partial charge in [0.25, 0.3) is 0 Å². The Hall–Kier alpha value is -1.96. The molecule has 2 heteroatoms. The van der Waals surface area contributed by atoms with E-state index >= 15 is 0 Å². The molecule has 0 saturated heterocycles. The summed E-state index contributed by atoms with van der Waals surface area (Å²) in [6.07, 6.45) is 2.39. The molecule has 0 bridgehead atoms. The molecule has 0 aromatic heterocycles. The quantitative estimate of drug-likeness (QED) is 0.671. The lowest BCUT2D eigenvalue weighted by Crippen LogP contribution is -2.07. The molecule has 2 aromatic carbocycles. The number of benzene rings is 2. The highest BCUT2D eigenvalue weighted by Crippen LogP contribution is 2.45. The van der Waals surface area contributed by atoms with E-state index in [-0.39, 0.29) is 0 Å². The molecule has 0 radical (unpaired) electrons. The smallest absolute Gasteiger partial charge is 0.151 e. The topological polar surface area (TPSA) is 21.3 Å². The van der Waals surface area contributed by atoms with Crippen molar-refractivity contribution in [3.8, 4) is 11.5 Å². The molecule has 0 saturated carbocycles. The van der Waals surface area contributed by atoms with Crippen molar-refractivity contribution < 1.29 is 4.74 Å². The molecule has 1 heterocycles. The Morgan fingerprint density at radius 3 is 2.68 bits per heavy atom. The van der Waals surface area contributed by atoms with E-state index in [1.165, 1.54) is 18.4 Å². The zero-order valence-electron chi connectivity index (χ0n) is 11.4. The third-order valence-electron chi connectivity index (χ3n) is 3.68. The molecule has 0 fully saturated rings. The van der Waals surface area contributed by atoms with Crippen molar-refractivity contribution in [1.82, 2.24) is 0 Å². The van der Waals surface area contributed by atoms with E-state index < -0.39 is 0 Å². The first-order chi connectivity index (χ1) is 9.29. The number of para-hydroxylation sites is 3. The molecule has 1 aliphatic heterocycles. The maximum absolute atomic E-state index is 5.98. The van der Waals surface area contributed by atoms with Gasteiger partial charge in [0.05, 0.1) is 11.4 Å². The number of rotatable bonds is 3. The van der Waals surface area contributed by atoms with E-state index in [1.54, 1.807) is 0 Å². The van der Waals surface area contributed by atoms with Crippen LogP contribution in [0.25, 0.3) is 0 Å². The van der Waals surface area contributed by atoms with Crippen LogP contribution in [0.5, 0.6) is 11.5 Å². The summed E-state index contributed by atoms with van der Waals surface area (Å²) in [5.41, 5.74) is 3.52. The third-order valence-corrected chi connectivity index (χ3v) is 3.68. The van der Waals surface area contributed by atoms with Crippen molar-refractivity contribution in [2.24, 2.45) is 0 Å². The van der Waals surface area contributed by atoms with Gasteiger partial charge in [-0.15, -0.1) is 0 Å². The fraction of sp³-hybridized carbons (Fsp3) is 0.294. The fourth-order valence-corrected chi connectivity index (χ4v) is 2.68. The summed E-state index contributed by atoms with van der Waals surface area (Å²) >= 11 is 0. The van der Waals surface area contributed by atoms with Crippen molar-refractivity contribution in [2.45, 2.75) is 32.6 Å². The second-order valence-corrected chi connectivity index (χ2v) is 5.13. The van der Waals surface area contributed by atoms with E-state index in [1.807, 2.05) is 24.3 Å². The van der Waals surface area contributed by atoms with Crippen LogP contribution in [-0.2, 0) is 0 Å². The molecule has 2 nitrogen and oxygen atoms in total. The molecule has 1 atom stereocenters. The van der Waals surface area contributed by atoms with Crippen molar-refractivity contribution in [1.29, 1.82) is 0 Å². The summed E-state index contributed by atoms with van der Waals surface area (Å²) in [5, 5.41) is 3.52. The lowest BCUT2D eigenvalue weighted by Gasteiger charge is -2.25. The zero-order chi connectivity index (χ0) is 13.2. The van der Waals surface area contributed by atoms with Crippen LogP contribution in [0.4, 0.5) is 11.4 Å². The van der Waals surface area contributed by atoms with Gasteiger partial charge >= 0.3 is 0 Å². The van der Waals surface area contributed by atoms with Crippen LogP contribution in [0.3, 0.4) is 0 Å². The van der Waals surface area contributed by atoms with Crippen molar-refractivity contribution in [3.63, 3.8) is 0 Å². The number of ether oxygens (including phenoxy) is 1. The molecule has 0 spiro atoms. The van der Waals surface area contributed by atoms with Gasteiger partial charge in [-0.05, 0) is 36.1 Å². The van der Waals surface area contributed by atoms with Gasteiger partial charge in [-0.25, -0.2) is 0 Å². The summed E-state index contributed by atoms with van der Waals surface area (Å²) in [6.45, 7) is 4.51. The lowest BCUT2D eigenvalue weighted by atomic mass is 9.94. The molecule has 2 aromatic rings. The molecular weight excluding hydrogens is 234 g/mol. The van der Waals surface area contributed by atoms with Crippen molar-refractivity contribution >= 4 is 11.4 Å². The van der Waals surface area contributed by atoms with E-state index in [4.69, 9.17) is 4.74 Å². The molecule has 0 amide bonds. The molecule has 1 unspecified atom stereocenters. The average molecular weight is 253 g/mol. The van der Waals surface area contributed by atoms with Crippen LogP contribution in [0.15, 0.2) is 42.5 Å². The minimum Gasteiger partial charge on any atom is -0.453 e. The van der Waals surface area contributed by atoms with Gasteiger partial charge in [0.15, 0.2) is 11.5 Å². The van der Waals surface area contributed by atoms with Gasteiger partial charge in [0, 0.05) is 0 Å². The maximum atomic E-state index is 5.98. The van der Waals surface area contributed by atoms with Crippen LogP contribution in [0, 0.1) is 0 Å². The summed E-state index contributed by atoms with van der Waals surface area (Å²) < 4.78 is 5.98. The summed E-state index contributed by atoms with van der Waals surface area (Å²) in [5.74, 6) is 2.37. The predicted molar refractivity (Wildman–Crippen MR) is 79.6 cm³/mol. The standard InChI is InChI=1S/C17H19NO/c1-3-7-12(2)13-8-6-11-16-17(13)18-14-9-4-5-10-15(14)19-16/h4-6,8-12,18H,3,7H2,1-2H3. The summed E-state index contributed by atoms with van der Waals surface area (Å²) in [7, 11) is 0. The number of nitrogens with one attached hydrogen (secondary N) is 1. The monoisotopic (exact) mass is 253 g/mol. The first kappa shape index (κ1) is 12.1. The van der Waals surface area contributed by atoms with Gasteiger partial charge in [0.1, 0.15) is 0 Å². The SMILES string of the molecule is CCCC(C)c1cccc2c1Nc1ccccc1O2. The van der Waals surface area contributed by atoms with E-state index in [0.29, 0.717) is 5.92 Å². The highest BCUT2D eigenvalue weighted by atomic mass is 16.5. The predicted octanol–water partition coefficient (Wildman–Crippen LogP) is 5.44. The first-order valence-electron chi connectivity index (χ1n) is 6.96. The number of hydrogen-bond donors (Lipinski definition) is 1. The average Bonchev–Trinajstić information content (AvgIpc) is 2.44. The summed E-state index contributed by atoms with van der Waals surface area (Å²) in [4.78, 5) is 0. The summed E-state index contributed by atoms with van der Waals surface area (Å²) in [6, 6.07) is 14.4. The maximum Gasteiger partial charge on any atom is 0.151 e. The van der Waals surface area contributed by atoms with E-state index in [0.717, 1.165) is 22.9 Å². The van der Waals surface area contributed by atoms with Crippen molar-refractivity contribution in [2.75, 3.05) is 5.32 Å². The van der Waals surface area contributed by atoms with Gasteiger partial charge in [-0.2, -0.15) is 0 Å². The highest BCUT2D eigenvalue weighted by Gasteiger charge is 2.20. The highest BCUT2D eigenvalue weighted by molar-refractivity contribution is 5.78. The minimum absolute atomic E-state index is 0.543. The minimum atomic E-state index is 0.543. The van der Waals surface area contributed by atoms with Gasteiger partial charge in [-0.3, -0.25) is 0 Å². The molecule has 98 valence electrons. The molecular formula is C17H19NO. The Morgan fingerprint density at radius 2 is 1.84 bits per heavy atom. The van der Waals surface area contributed by atoms with Crippen LogP contribution in [0.2, 0.25) is 0 Å². The molecule has 0 aliphatic carbocycles. The molecule has 1 aliphatic rings. The first-order valence-corrected chi connectivity index (χ1v) is 6.96. The third kappa shape index (κ3) is 2.19. The van der Waals surface area contributed by atoms with Gasteiger partial charge in [-0.1, -0.05) is 44.5 Å². The molecule has 1 N–H and O–H groups in total. The Bertz CT molecular complexity index is 592. The Kier molecular flexibility index (Phi) is 3.16. The second-order valence-electron chi connectivity index (χ2n) is 5.13. The van der Waals surface area contributed by atoms with Gasteiger partial charge in [0.2, 0.25) is 0 Å². The number of fused-ring (bicyclic) bond motifs is 2. The largest absolute Gasteiger partial charge is 0.453 e. The number of hydrogen-bond acceptors (Lipinski definition) is 2. The zero-order valence-corrected chi connectivity index (χ0v) is 11.4. The van der Waals surface area contributed by atoms with Crippen LogP contribution in [-0.4, -0.2) is 0 Å². The van der Waals surface area contributed by atoms with E-state index in [2.05, 4.69) is 37.4 Å². The van der Waals surface area contributed by atoms with Crippen LogP contribution < -0.4 is 10.1 Å².